The molecule has 0 bridgehead atoms. The van der Waals surface area contributed by atoms with E-state index >= 15 is 0 Å². The van der Waals surface area contributed by atoms with Crippen LogP contribution in [0.4, 0.5) is 4.79 Å². The number of carbonyl (C=O) groups excluding carboxylic acids is 1. The highest BCUT2D eigenvalue weighted by Gasteiger charge is 2.23. The van der Waals surface area contributed by atoms with Crippen LogP contribution in [0.1, 0.15) is 41.0 Å². The molecule has 2 N–H and O–H groups in total. The maximum atomic E-state index is 11.4. The van der Waals surface area contributed by atoms with Crippen LogP contribution in [0, 0.1) is 0 Å². The fraction of sp³-hybridized carbons (Fsp3) is 0.846. The number of hydrogen-bond donors (Lipinski definition) is 2. The number of amides is 1. The van der Waals surface area contributed by atoms with E-state index in [0.29, 0.717) is 19.5 Å². The van der Waals surface area contributed by atoms with Gasteiger partial charge in [0.1, 0.15) is 11.6 Å². The van der Waals surface area contributed by atoms with Crippen molar-refractivity contribution in [3.8, 4) is 0 Å². The molecule has 0 aliphatic rings. The van der Waals surface area contributed by atoms with Crippen LogP contribution in [0.3, 0.4) is 0 Å². The lowest BCUT2D eigenvalue weighted by Crippen LogP contribution is -2.43. The summed E-state index contributed by atoms with van der Waals surface area (Å²) >= 11 is 0. The number of hydrogen-bond acceptors (Lipinski definition) is 4. The number of carbonyl (C=O) groups is 2. The Morgan fingerprint density at radius 1 is 1.26 bits per heavy atom. The van der Waals surface area contributed by atoms with E-state index in [4.69, 9.17) is 4.74 Å². The number of carboxylic acids is 1. The van der Waals surface area contributed by atoms with Crippen LogP contribution in [0.5, 0.6) is 0 Å². The lowest BCUT2D eigenvalue weighted by molar-refractivity contribution is -0.143. The number of carboxylic acid groups (broad SMARTS) is 1. The summed E-state index contributed by atoms with van der Waals surface area (Å²) in [5, 5.41) is 11.7. The van der Waals surface area contributed by atoms with Gasteiger partial charge in [-0.3, -0.25) is 9.69 Å². The predicted molar refractivity (Wildman–Crippen MR) is 73.2 cm³/mol. The highest BCUT2D eigenvalue weighted by atomic mass is 16.6. The van der Waals surface area contributed by atoms with Gasteiger partial charge >= 0.3 is 12.1 Å². The number of rotatable bonds is 7. The molecule has 0 radical (unpaired) electrons. The van der Waals surface area contributed by atoms with Gasteiger partial charge in [-0.1, -0.05) is 13.8 Å². The van der Waals surface area contributed by atoms with Gasteiger partial charge < -0.3 is 15.2 Å². The van der Waals surface area contributed by atoms with Crippen molar-refractivity contribution in [2.75, 3.05) is 19.6 Å². The van der Waals surface area contributed by atoms with Crippen LogP contribution >= 0.6 is 0 Å². The first kappa shape index (κ1) is 17.7. The van der Waals surface area contributed by atoms with Crippen molar-refractivity contribution in [3.63, 3.8) is 0 Å². The summed E-state index contributed by atoms with van der Waals surface area (Å²) in [7, 11) is 0. The molecule has 19 heavy (non-hydrogen) atoms. The summed E-state index contributed by atoms with van der Waals surface area (Å²) in [5.74, 6) is -0.866. The topological polar surface area (TPSA) is 78.9 Å². The monoisotopic (exact) mass is 274 g/mol. The molecule has 1 amide bonds. The van der Waals surface area contributed by atoms with Crippen LogP contribution in [-0.2, 0) is 9.53 Å². The average molecular weight is 274 g/mol. The number of nitrogens with one attached hydrogen (secondary N) is 1. The molecule has 0 aromatic carbocycles. The molecule has 6 nitrogen and oxygen atoms in total. The fourth-order valence-electron chi connectivity index (χ4n) is 1.75. The van der Waals surface area contributed by atoms with E-state index in [2.05, 4.69) is 5.32 Å². The quantitative estimate of drug-likeness (QED) is 0.738. The molecule has 0 spiro atoms. The van der Waals surface area contributed by atoms with Crippen molar-refractivity contribution < 1.29 is 19.4 Å². The normalized spacial score (nSPS) is 13.2. The molecule has 0 aliphatic carbocycles. The SMILES string of the molecule is CCN(CC)C(CCNC(=O)OC(C)(C)C)C(=O)O. The summed E-state index contributed by atoms with van der Waals surface area (Å²) < 4.78 is 5.08. The Labute approximate surface area is 115 Å². The van der Waals surface area contributed by atoms with Gasteiger partial charge in [0.2, 0.25) is 0 Å². The Morgan fingerprint density at radius 3 is 2.16 bits per heavy atom. The highest BCUT2D eigenvalue weighted by molar-refractivity contribution is 5.73. The molecule has 0 rings (SSSR count). The maximum Gasteiger partial charge on any atom is 0.407 e. The second kappa shape index (κ2) is 7.99. The third-order valence-corrected chi connectivity index (χ3v) is 2.62. The molecule has 0 aliphatic heterocycles. The number of alkyl carbamates (subject to hydrolysis) is 1. The molecule has 1 unspecified atom stereocenters. The van der Waals surface area contributed by atoms with Crippen molar-refractivity contribution in [3.05, 3.63) is 0 Å². The minimum atomic E-state index is -0.866. The third kappa shape index (κ3) is 7.66. The third-order valence-electron chi connectivity index (χ3n) is 2.62. The minimum absolute atomic E-state index is 0.280. The van der Waals surface area contributed by atoms with Gasteiger partial charge in [0.25, 0.3) is 0 Å². The largest absolute Gasteiger partial charge is 0.480 e. The molecule has 0 saturated heterocycles. The first-order valence-electron chi connectivity index (χ1n) is 6.65. The summed E-state index contributed by atoms with van der Waals surface area (Å²) in [5.41, 5.74) is -0.546. The Bertz CT molecular complexity index is 296. The number of likely N-dealkylation sites (N-methyl/N-ethyl adjacent to an activating group) is 1. The summed E-state index contributed by atoms with van der Waals surface area (Å²) in [4.78, 5) is 24.4. The molecule has 0 heterocycles. The second-order valence-corrected chi connectivity index (χ2v) is 5.29. The van der Waals surface area contributed by atoms with Crippen molar-refractivity contribution in [2.45, 2.75) is 52.7 Å². The van der Waals surface area contributed by atoms with E-state index in [-0.39, 0.29) is 6.54 Å². The summed E-state index contributed by atoms with van der Waals surface area (Å²) in [6.07, 6.45) is -0.160. The molecule has 0 aromatic heterocycles. The molecule has 0 aromatic rings. The first-order chi connectivity index (χ1) is 8.71. The van der Waals surface area contributed by atoms with Crippen molar-refractivity contribution >= 4 is 12.1 Å². The Hall–Kier alpha value is -1.30. The summed E-state index contributed by atoms with van der Waals surface area (Å²) in [6.45, 7) is 10.8. The zero-order chi connectivity index (χ0) is 15.1. The van der Waals surface area contributed by atoms with Crippen molar-refractivity contribution in [1.29, 1.82) is 0 Å². The van der Waals surface area contributed by atoms with Gasteiger partial charge in [-0.2, -0.15) is 0 Å². The van der Waals surface area contributed by atoms with Gasteiger partial charge in [-0.25, -0.2) is 4.79 Å². The van der Waals surface area contributed by atoms with E-state index in [9.17, 15) is 14.7 Å². The zero-order valence-corrected chi connectivity index (χ0v) is 12.5. The average Bonchev–Trinajstić information content (AvgIpc) is 2.25. The molecule has 1 atom stereocenters. The standard InChI is InChI=1S/C13H26N2O4/c1-6-15(7-2)10(11(16)17)8-9-14-12(18)19-13(3,4)5/h10H,6-9H2,1-5H3,(H,14,18)(H,16,17). The van der Waals surface area contributed by atoms with E-state index < -0.39 is 23.7 Å². The molecular weight excluding hydrogens is 248 g/mol. The first-order valence-corrected chi connectivity index (χ1v) is 6.65. The van der Waals surface area contributed by atoms with Gasteiger partial charge in [-0.15, -0.1) is 0 Å². The number of ether oxygens (including phenoxy) is 1. The number of aliphatic carboxylic acids is 1. The van der Waals surface area contributed by atoms with Crippen LogP contribution in [0.25, 0.3) is 0 Å². The zero-order valence-electron chi connectivity index (χ0n) is 12.5. The van der Waals surface area contributed by atoms with E-state index in [1.54, 1.807) is 20.8 Å². The molecule has 0 saturated carbocycles. The molecule has 0 fully saturated rings. The smallest absolute Gasteiger partial charge is 0.407 e. The lowest BCUT2D eigenvalue weighted by atomic mass is 10.1. The Morgan fingerprint density at radius 2 is 1.79 bits per heavy atom. The Kier molecular flexibility index (Phi) is 7.44. The highest BCUT2D eigenvalue weighted by Crippen LogP contribution is 2.07. The van der Waals surface area contributed by atoms with Gasteiger partial charge in [0.05, 0.1) is 0 Å². The van der Waals surface area contributed by atoms with Crippen LogP contribution in [-0.4, -0.2) is 53.3 Å². The predicted octanol–water partition coefficient (Wildman–Crippen LogP) is 1.70. The lowest BCUT2D eigenvalue weighted by Gasteiger charge is -2.26. The van der Waals surface area contributed by atoms with Crippen LogP contribution < -0.4 is 5.32 Å². The van der Waals surface area contributed by atoms with Gasteiger partial charge in [-0.05, 0) is 40.3 Å². The van der Waals surface area contributed by atoms with E-state index in [1.807, 2.05) is 18.7 Å². The van der Waals surface area contributed by atoms with Crippen LogP contribution in [0.15, 0.2) is 0 Å². The van der Waals surface area contributed by atoms with Crippen LogP contribution in [0.2, 0.25) is 0 Å². The Balaban J connectivity index is 4.21. The molecular formula is C13H26N2O4. The van der Waals surface area contributed by atoms with Gasteiger partial charge in [0.15, 0.2) is 0 Å². The maximum absolute atomic E-state index is 11.4. The summed E-state index contributed by atoms with van der Waals surface area (Å²) in [6, 6.07) is -0.579. The van der Waals surface area contributed by atoms with E-state index in [0.717, 1.165) is 0 Å². The minimum Gasteiger partial charge on any atom is -0.480 e. The second-order valence-electron chi connectivity index (χ2n) is 5.29. The molecule has 6 heteroatoms. The van der Waals surface area contributed by atoms with Gasteiger partial charge in [0, 0.05) is 6.54 Å². The molecule has 112 valence electrons. The number of nitrogens with zero attached hydrogens (tertiary/aromatic N) is 1. The van der Waals surface area contributed by atoms with E-state index in [1.165, 1.54) is 0 Å². The van der Waals surface area contributed by atoms with Crippen molar-refractivity contribution in [1.82, 2.24) is 10.2 Å². The van der Waals surface area contributed by atoms with Crippen molar-refractivity contribution in [2.24, 2.45) is 0 Å². The fourth-order valence-corrected chi connectivity index (χ4v) is 1.75.